The number of sulfone groups is 1. The molecule has 2 aromatic rings. The fourth-order valence-electron chi connectivity index (χ4n) is 1.88. The summed E-state index contributed by atoms with van der Waals surface area (Å²) in [6.45, 7) is 5.89. The molecule has 0 atom stereocenters. The van der Waals surface area contributed by atoms with Crippen LogP contribution in [0.5, 0.6) is 0 Å². The van der Waals surface area contributed by atoms with E-state index in [1.807, 2.05) is 20.8 Å². The van der Waals surface area contributed by atoms with Gasteiger partial charge in [0.05, 0.1) is 4.90 Å². The fourth-order valence-corrected chi connectivity index (χ4v) is 4.26. The van der Waals surface area contributed by atoms with Gasteiger partial charge in [0.25, 0.3) is 0 Å². The summed E-state index contributed by atoms with van der Waals surface area (Å²) in [6.07, 6.45) is 0.351. The fraction of sp³-hybridized carbons (Fsp3) is 0.400. The van der Waals surface area contributed by atoms with Crippen LogP contribution in [0.2, 0.25) is 0 Å². The van der Waals surface area contributed by atoms with E-state index in [9.17, 15) is 13.2 Å². The minimum atomic E-state index is -3.46. The Kier molecular flexibility index (Phi) is 5.16. The highest BCUT2D eigenvalue weighted by molar-refractivity contribution is 7.90. The van der Waals surface area contributed by atoms with Crippen LogP contribution in [-0.4, -0.2) is 24.5 Å². The Bertz CT molecular complexity index is 778. The molecule has 0 bridgehead atoms. The van der Waals surface area contributed by atoms with Crippen LogP contribution < -0.4 is 5.32 Å². The summed E-state index contributed by atoms with van der Waals surface area (Å²) >= 11 is 1.08. The molecule has 6 nitrogen and oxygen atoms in total. The normalized spacial score (nSPS) is 12.1. The van der Waals surface area contributed by atoms with Gasteiger partial charge in [-0.1, -0.05) is 50.3 Å². The topological polar surface area (TPSA) is 89.0 Å². The Morgan fingerprint density at radius 1 is 1.17 bits per heavy atom. The van der Waals surface area contributed by atoms with E-state index in [0.29, 0.717) is 16.6 Å². The molecule has 0 unspecified atom stereocenters. The smallest absolute Gasteiger partial charge is 0.226 e. The van der Waals surface area contributed by atoms with Gasteiger partial charge in [-0.15, -0.1) is 10.2 Å². The molecule has 1 aromatic heterocycles. The van der Waals surface area contributed by atoms with E-state index in [1.165, 1.54) is 0 Å². The highest BCUT2D eigenvalue weighted by atomic mass is 32.2. The van der Waals surface area contributed by atoms with E-state index >= 15 is 0 Å². The van der Waals surface area contributed by atoms with Crippen molar-refractivity contribution < 1.29 is 13.2 Å². The maximum atomic E-state index is 12.3. The van der Waals surface area contributed by atoms with Crippen LogP contribution in [0.25, 0.3) is 0 Å². The first kappa shape index (κ1) is 17.6. The van der Waals surface area contributed by atoms with Gasteiger partial charge < -0.3 is 5.32 Å². The van der Waals surface area contributed by atoms with Gasteiger partial charge in [0.1, 0.15) is 10.8 Å². The number of hydrogen-bond acceptors (Lipinski definition) is 6. The van der Waals surface area contributed by atoms with E-state index < -0.39 is 9.84 Å². The van der Waals surface area contributed by atoms with Crippen LogP contribution in [0.4, 0.5) is 5.13 Å². The number of nitrogens with zero attached hydrogens (tertiary/aromatic N) is 2. The van der Waals surface area contributed by atoms with E-state index in [4.69, 9.17) is 0 Å². The number of anilines is 1. The summed E-state index contributed by atoms with van der Waals surface area (Å²) in [6, 6.07) is 8.19. The maximum absolute atomic E-state index is 12.3. The summed E-state index contributed by atoms with van der Waals surface area (Å²) in [4.78, 5) is 12.1. The van der Waals surface area contributed by atoms with Gasteiger partial charge in [0, 0.05) is 6.42 Å². The van der Waals surface area contributed by atoms with Gasteiger partial charge in [-0.3, -0.25) is 4.79 Å². The Morgan fingerprint density at radius 2 is 1.83 bits per heavy atom. The number of amides is 1. The SMILES string of the molecule is CC(C)(C)CC(=O)Nc1nnc(CS(=O)(=O)c2ccccc2)s1. The van der Waals surface area contributed by atoms with Gasteiger partial charge in [0.15, 0.2) is 9.84 Å². The lowest BCUT2D eigenvalue weighted by Gasteiger charge is -2.16. The first-order chi connectivity index (χ1) is 10.7. The number of aromatic nitrogens is 2. The Labute approximate surface area is 139 Å². The summed E-state index contributed by atoms with van der Waals surface area (Å²) in [5.41, 5.74) is -0.131. The number of benzene rings is 1. The minimum Gasteiger partial charge on any atom is -0.301 e. The minimum absolute atomic E-state index is 0.131. The highest BCUT2D eigenvalue weighted by Gasteiger charge is 2.20. The lowest BCUT2D eigenvalue weighted by Crippen LogP contribution is -2.19. The molecule has 8 heteroatoms. The van der Waals surface area contributed by atoms with Gasteiger partial charge in [-0.25, -0.2) is 8.42 Å². The van der Waals surface area contributed by atoms with Crippen LogP contribution in [0.1, 0.15) is 32.2 Å². The summed E-state index contributed by atoms with van der Waals surface area (Å²) < 4.78 is 24.5. The molecule has 1 aromatic carbocycles. The summed E-state index contributed by atoms with van der Waals surface area (Å²) in [7, 11) is -3.46. The molecule has 0 saturated carbocycles. The molecule has 1 heterocycles. The lowest BCUT2D eigenvalue weighted by molar-refractivity contribution is -0.117. The number of carbonyl (C=O) groups excluding carboxylic acids is 1. The molecule has 23 heavy (non-hydrogen) atoms. The highest BCUT2D eigenvalue weighted by Crippen LogP contribution is 2.23. The summed E-state index contributed by atoms with van der Waals surface area (Å²) in [5, 5.41) is 11.0. The molecule has 124 valence electrons. The zero-order chi connectivity index (χ0) is 17.1. The molecule has 0 aliphatic rings. The predicted molar refractivity (Wildman–Crippen MR) is 89.9 cm³/mol. The van der Waals surface area contributed by atoms with E-state index in [1.54, 1.807) is 30.3 Å². The third kappa shape index (κ3) is 5.40. The number of hydrogen-bond donors (Lipinski definition) is 1. The van der Waals surface area contributed by atoms with E-state index in [-0.39, 0.29) is 22.0 Å². The third-order valence-electron chi connectivity index (χ3n) is 2.82. The van der Waals surface area contributed by atoms with Gasteiger partial charge >= 0.3 is 0 Å². The molecular formula is C15H19N3O3S2. The van der Waals surface area contributed by atoms with Crippen LogP contribution in [0.15, 0.2) is 35.2 Å². The molecular weight excluding hydrogens is 334 g/mol. The second-order valence-electron chi connectivity index (χ2n) is 6.36. The van der Waals surface area contributed by atoms with Crippen molar-refractivity contribution in [2.45, 2.75) is 37.8 Å². The molecule has 0 aliphatic carbocycles. The average molecular weight is 353 g/mol. The second-order valence-corrected chi connectivity index (χ2v) is 9.41. The van der Waals surface area contributed by atoms with Crippen LogP contribution >= 0.6 is 11.3 Å². The molecule has 0 aliphatic heterocycles. The molecule has 0 radical (unpaired) electrons. The van der Waals surface area contributed by atoms with Crippen LogP contribution in [0.3, 0.4) is 0 Å². The van der Waals surface area contributed by atoms with Crippen molar-refractivity contribution >= 4 is 32.2 Å². The van der Waals surface area contributed by atoms with Gasteiger partial charge in [-0.2, -0.15) is 0 Å². The molecule has 0 saturated heterocycles. The van der Waals surface area contributed by atoms with Crippen LogP contribution in [0, 0.1) is 5.41 Å². The number of rotatable bonds is 5. The van der Waals surface area contributed by atoms with Crippen molar-refractivity contribution in [1.82, 2.24) is 10.2 Å². The molecule has 1 N–H and O–H groups in total. The standard InChI is InChI=1S/C15H19N3O3S2/c1-15(2,3)9-12(19)16-14-18-17-13(22-14)10-23(20,21)11-7-5-4-6-8-11/h4-8H,9-10H2,1-3H3,(H,16,18,19). The average Bonchev–Trinajstić information content (AvgIpc) is 2.83. The Hall–Kier alpha value is -1.80. The third-order valence-corrected chi connectivity index (χ3v) is 5.49. The Morgan fingerprint density at radius 3 is 2.43 bits per heavy atom. The first-order valence-electron chi connectivity index (χ1n) is 7.06. The Balaban J connectivity index is 2.04. The zero-order valence-electron chi connectivity index (χ0n) is 13.2. The first-order valence-corrected chi connectivity index (χ1v) is 9.53. The van der Waals surface area contributed by atoms with Gasteiger partial charge in [-0.05, 0) is 17.5 Å². The number of nitrogens with one attached hydrogen (secondary N) is 1. The maximum Gasteiger partial charge on any atom is 0.226 e. The van der Waals surface area contributed by atoms with E-state index in [0.717, 1.165) is 11.3 Å². The molecule has 2 rings (SSSR count). The lowest BCUT2D eigenvalue weighted by atomic mass is 9.92. The number of carbonyl (C=O) groups is 1. The van der Waals surface area contributed by atoms with Crippen LogP contribution in [-0.2, 0) is 20.4 Å². The molecule has 0 fully saturated rings. The monoisotopic (exact) mass is 353 g/mol. The summed E-state index contributed by atoms with van der Waals surface area (Å²) in [5.74, 6) is -0.393. The molecule has 0 spiro atoms. The predicted octanol–water partition coefficient (Wildman–Crippen LogP) is 2.89. The van der Waals surface area contributed by atoms with Crippen molar-refractivity contribution in [3.05, 3.63) is 35.3 Å². The van der Waals surface area contributed by atoms with Crippen molar-refractivity contribution in [2.75, 3.05) is 5.32 Å². The van der Waals surface area contributed by atoms with Crippen molar-refractivity contribution in [1.29, 1.82) is 0 Å². The van der Waals surface area contributed by atoms with E-state index in [2.05, 4.69) is 15.5 Å². The molecule has 1 amide bonds. The van der Waals surface area contributed by atoms with Crippen molar-refractivity contribution in [2.24, 2.45) is 5.41 Å². The van der Waals surface area contributed by atoms with Crippen molar-refractivity contribution in [3.8, 4) is 0 Å². The second kappa shape index (κ2) is 6.76. The largest absolute Gasteiger partial charge is 0.301 e. The zero-order valence-corrected chi connectivity index (χ0v) is 14.9. The quantitative estimate of drug-likeness (QED) is 0.893. The van der Waals surface area contributed by atoms with Gasteiger partial charge in [0.2, 0.25) is 11.0 Å². The van der Waals surface area contributed by atoms with Crippen molar-refractivity contribution in [3.63, 3.8) is 0 Å².